The summed E-state index contributed by atoms with van der Waals surface area (Å²) in [7, 11) is 8.15. The van der Waals surface area contributed by atoms with Gasteiger partial charge in [0, 0.05) is 12.6 Å². The molecule has 0 amide bonds. The maximum atomic E-state index is 5.57. The average molecular weight is 294 g/mol. The molecule has 5 nitrogen and oxygen atoms in total. The highest BCUT2D eigenvalue weighted by molar-refractivity contribution is 5.31. The van der Waals surface area contributed by atoms with Crippen molar-refractivity contribution in [2.24, 2.45) is 7.05 Å². The standard InChI is InChI=1S/C16H30N4O/c1-6-17-15(14-13(21-5)12-18-20(14)4)16(19(2)3)10-8-7-9-11-16/h12,15,17H,6-11H2,1-5H3. The molecule has 1 aromatic rings. The summed E-state index contributed by atoms with van der Waals surface area (Å²) in [6.07, 6.45) is 8.18. The predicted molar refractivity (Wildman–Crippen MR) is 85.7 cm³/mol. The lowest BCUT2D eigenvalue weighted by Crippen LogP contribution is -2.55. The van der Waals surface area contributed by atoms with Gasteiger partial charge in [-0.2, -0.15) is 5.10 Å². The van der Waals surface area contributed by atoms with Crippen molar-refractivity contribution in [3.8, 4) is 5.75 Å². The fourth-order valence-electron chi connectivity index (χ4n) is 3.82. The maximum Gasteiger partial charge on any atom is 0.161 e. The van der Waals surface area contributed by atoms with Crippen LogP contribution in [0.4, 0.5) is 0 Å². The lowest BCUT2D eigenvalue weighted by Gasteiger charge is -2.48. The summed E-state index contributed by atoms with van der Waals surface area (Å²) in [5.41, 5.74) is 1.30. The molecule has 1 N–H and O–H groups in total. The highest BCUT2D eigenvalue weighted by Gasteiger charge is 2.44. The number of hydrogen-bond acceptors (Lipinski definition) is 4. The van der Waals surface area contributed by atoms with Gasteiger partial charge in [0.15, 0.2) is 5.75 Å². The van der Waals surface area contributed by atoms with Crippen LogP contribution in [-0.2, 0) is 7.05 Å². The molecule has 1 aliphatic rings. The summed E-state index contributed by atoms with van der Waals surface area (Å²) < 4.78 is 7.53. The molecule has 5 heteroatoms. The molecule has 0 aromatic carbocycles. The third-order valence-corrected chi connectivity index (χ3v) is 5.00. The molecule has 0 spiro atoms. The van der Waals surface area contributed by atoms with E-state index in [1.54, 1.807) is 7.11 Å². The number of aryl methyl sites for hydroxylation is 1. The van der Waals surface area contributed by atoms with Crippen LogP contribution < -0.4 is 10.1 Å². The lowest BCUT2D eigenvalue weighted by atomic mass is 9.74. The summed E-state index contributed by atoms with van der Waals surface area (Å²) in [5.74, 6) is 0.884. The minimum atomic E-state index is 0.134. The molecule has 2 rings (SSSR count). The quantitative estimate of drug-likeness (QED) is 0.874. The summed E-state index contributed by atoms with van der Waals surface area (Å²) in [6, 6.07) is 0.236. The summed E-state index contributed by atoms with van der Waals surface area (Å²) in [4.78, 5) is 2.41. The molecule has 21 heavy (non-hydrogen) atoms. The highest BCUT2D eigenvalue weighted by atomic mass is 16.5. The Balaban J connectivity index is 2.47. The maximum absolute atomic E-state index is 5.57. The van der Waals surface area contributed by atoms with E-state index < -0.39 is 0 Å². The fourth-order valence-corrected chi connectivity index (χ4v) is 3.82. The first-order valence-corrected chi connectivity index (χ1v) is 8.03. The van der Waals surface area contributed by atoms with Crippen molar-refractivity contribution in [2.45, 2.75) is 50.6 Å². The van der Waals surface area contributed by atoms with Gasteiger partial charge in [0.2, 0.25) is 0 Å². The zero-order valence-corrected chi connectivity index (χ0v) is 14.1. The van der Waals surface area contributed by atoms with Crippen molar-refractivity contribution >= 4 is 0 Å². The Morgan fingerprint density at radius 1 is 1.38 bits per heavy atom. The first-order chi connectivity index (χ1) is 10.1. The van der Waals surface area contributed by atoms with Gasteiger partial charge < -0.3 is 15.0 Å². The topological polar surface area (TPSA) is 42.3 Å². The predicted octanol–water partition coefficient (Wildman–Crippen LogP) is 2.34. The fraction of sp³-hybridized carbons (Fsp3) is 0.812. The van der Waals surface area contributed by atoms with Crippen LogP contribution in [0.3, 0.4) is 0 Å². The minimum Gasteiger partial charge on any atom is -0.493 e. The number of nitrogens with zero attached hydrogens (tertiary/aromatic N) is 3. The third-order valence-electron chi connectivity index (χ3n) is 5.00. The van der Waals surface area contributed by atoms with Crippen LogP contribution in [0.5, 0.6) is 5.75 Å². The molecule has 0 bridgehead atoms. The average Bonchev–Trinajstić information content (AvgIpc) is 2.86. The highest BCUT2D eigenvalue weighted by Crippen LogP contribution is 2.44. The second kappa shape index (κ2) is 6.79. The zero-order chi connectivity index (χ0) is 15.5. The minimum absolute atomic E-state index is 0.134. The van der Waals surface area contributed by atoms with E-state index in [1.165, 1.54) is 32.1 Å². The molecule has 1 atom stereocenters. The smallest absolute Gasteiger partial charge is 0.161 e. The SMILES string of the molecule is CCNC(c1c(OC)cnn1C)C1(N(C)C)CCCCC1. The number of rotatable bonds is 6. The Morgan fingerprint density at radius 3 is 2.57 bits per heavy atom. The van der Waals surface area contributed by atoms with Crippen LogP contribution in [0.25, 0.3) is 0 Å². The first-order valence-electron chi connectivity index (χ1n) is 8.03. The van der Waals surface area contributed by atoms with Crippen LogP contribution in [0, 0.1) is 0 Å². The molecule has 1 unspecified atom stereocenters. The Bertz CT molecular complexity index is 449. The Morgan fingerprint density at radius 2 is 2.05 bits per heavy atom. The van der Waals surface area contributed by atoms with E-state index in [1.807, 2.05) is 17.9 Å². The van der Waals surface area contributed by atoms with Gasteiger partial charge in [-0.05, 0) is 33.5 Å². The van der Waals surface area contributed by atoms with Gasteiger partial charge in [0.05, 0.1) is 25.0 Å². The normalized spacial score (nSPS) is 19.7. The molecule has 1 saturated carbocycles. The van der Waals surface area contributed by atoms with E-state index >= 15 is 0 Å². The van der Waals surface area contributed by atoms with Gasteiger partial charge in [-0.15, -0.1) is 0 Å². The van der Waals surface area contributed by atoms with Crippen molar-refractivity contribution < 1.29 is 4.74 Å². The largest absolute Gasteiger partial charge is 0.493 e. The Labute approximate surface area is 128 Å². The molecule has 1 aliphatic carbocycles. The number of methoxy groups -OCH3 is 1. The van der Waals surface area contributed by atoms with Crippen molar-refractivity contribution in [1.29, 1.82) is 0 Å². The molecular weight excluding hydrogens is 264 g/mol. The molecule has 1 aromatic heterocycles. The molecule has 0 aliphatic heterocycles. The van der Waals surface area contributed by atoms with E-state index in [0.29, 0.717) is 0 Å². The van der Waals surface area contributed by atoms with Gasteiger partial charge in [-0.1, -0.05) is 26.2 Å². The van der Waals surface area contributed by atoms with Crippen molar-refractivity contribution in [3.05, 3.63) is 11.9 Å². The van der Waals surface area contributed by atoms with E-state index in [0.717, 1.165) is 18.0 Å². The third kappa shape index (κ3) is 2.94. The van der Waals surface area contributed by atoms with Gasteiger partial charge in [0.1, 0.15) is 0 Å². The van der Waals surface area contributed by atoms with Crippen molar-refractivity contribution in [1.82, 2.24) is 20.0 Å². The lowest BCUT2D eigenvalue weighted by molar-refractivity contribution is 0.0530. The summed E-state index contributed by atoms with van der Waals surface area (Å²) >= 11 is 0. The first kappa shape index (κ1) is 16.3. The van der Waals surface area contributed by atoms with Gasteiger partial charge in [0.25, 0.3) is 0 Å². The Hall–Kier alpha value is -1.07. The molecule has 120 valence electrons. The number of nitrogens with one attached hydrogen (secondary N) is 1. The zero-order valence-electron chi connectivity index (χ0n) is 14.1. The number of ether oxygens (including phenoxy) is 1. The van der Waals surface area contributed by atoms with E-state index in [2.05, 4.69) is 36.3 Å². The second-order valence-electron chi connectivity index (χ2n) is 6.27. The van der Waals surface area contributed by atoms with Crippen LogP contribution in [0.2, 0.25) is 0 Å². The van der Waals surface area contributed by atoms with Gasteiger partial charge in [-0.3, -0.25) is 4.68 Å². The van der Waals surface area contributed by atoms with Crippen LogP contribution >= 0.6 is 0 Å². The Kier molecular flexibility index (Phi) is 5.27. The second-order valence-corrected chi connectivity index (χ2v) is 6.27. The molecule has 1 fully saturated rings. The van der Waals surface area contributed by atoms with Crippen LogP contribution in [-0.4, -0.2) is 48.0 Å². The van der Waals surface area contributed by atoms with Gasteiger partial charge >= 0.3 is 0 Å². The molecule has 0 radical (unpaired) electrons. The molecular formula is C16H30N4O. The van der Waals surface area contributed by atoms with E-state index in [-0.39, 0.29) is 11.6 Å². The molecule has 0 saturated heterocycles. The summed E-state index contributed by atoms with van der Waals surface area (Å²) in [5, 5.41) is 8.12. The number of hydrogen-bond donors (Lipinski definition) is 1. The van der Waals surface area contributed by atoms with Crippen LogP contribution in [0.15, 0.2) is 6.20 Å². The number of aromatic nitrogens is 2. The molecule has 1 heterocycles. The van der Waals surface area contributed by atoms with Gasteiger partial charge in [-0.25, -0.2) is 0 Å². The monoisotopic (exact) mass is 294 g/mol. The number of likely N-dealkylation sites (N-methyl/N-ethyl adjacent to an activating group) is 2. The van der Waals surface area contributed by atoms with Crippen molar-refractivity contribution in [2.75, 3.05) is 27.7 Å². The van der Waals surface area contributed by atoms with E-state index in [9.17, 15) is 0 Å². The van der Waals surface area contributed by atoms with E-state index in [4.69, 9.17) is 4.74 Å². The summed E-state index contributed by atoms with van der Waals surface area (Å²) in [6.45, 7) is 3.11. The van der Waals surface area contributed by atoms with Crippen LogP contribution in [0.1, 0.15) is 50.8 Å². The van der Waals surface area contributed by atoms with Crippen molar-refractivity contribution in [3.63, 3.8) is 0 Å².